The van der Waals surface area contributed by atoms with Crippen LogP contribution in [0.4, 0.5) is 0 Å². The third-order valence-corrected chi connectivity index (χ3v) is 4.89. The Bertz CT molecular complexity index is 693. The van der Waals surface area contributed by atoms with Crippen molar-refractivity contribution in [1.82, 2.24) is 15.2 Å². The van der Waals surface area contributed by atoms with Crippen LogP contribution in [0, 0.1) is 0 Å². The summed E-state index contributed by atoms with van der Waals surface area (Å²) in [6.45, 7) is 2.23. The zero-order valence-corrected chi connectivity index (χ0v) is 15.1. The maximum atomic E-state index is 12.8. The topological polar surface area (TPSA) is 65.5 Å². The molecule has 1 fully saturated rings. The third-order valence-electron chi connectivity index (χ3n) is 4.89. The van der Waals surface area contributed by atoms with E-state index in [1.807, 2.05) is 41.3 Å². The molecule has 0 radical (unpaired) electrons. The van der Waals surface area contributed by atoms with Gasteiger partial charge in [-0.05, 0) is 43.4 Å². The number of hydrogen-bond donors (Lipinski definition) is 2. The number of nitrogens with one attached hydrogen (secondary N) is 1. The predicted molar refractivity (Wildman–Crippen MR) is 101 cm³/mol. The molecule has 1 atom stereocenters. The first-order valence-electron chi connectivity index (χ1n) is 9.34. The van der Waals surface area contributed by atoms with Gasteiger partial charge in [-0.2, -0.15) is 0 Å². The van der Waals surface area contributed by atoms with E-state index >= 15 is 0 Å². The molecule has 1 aromatic heterocycles. The van der Waals surface area contributed by atoms with E-state index in [0.29, 0.717) is 19.5 Å². The molecule has 2 N–H and O–H groups in total. The van der Waals surface area contributed by atoms with Crippen molar-refractivity contribution in [3.63, 3.8) is 0 Å². The van der Waals surface area contributed by atoms with Gasteiger partial charge in [-0.15, -0.1) is 0 Å². The molecule has 1 aliphatic rings. The summed E-state index contributed by atoms with van der Waals surface area (Å²) in [4.78, 5) is 18.8. The average molecular weight is 353 g/mol. The number of aromatic nitrogens is 1. The van der Waals surface area contributed by atoms with E-state index in [-0.39, 0.29) is 12.5 Å². The summed E-state index contributed by atoms with van der Waals surface area (Å²) in [5.41, 5.74) is 0.878. The van der Waals surface area contributed by atoms with Gasteiger partial charge in [0, 0.05) is 32.4 Å². The first kappa shape index (κ1) is 18.5. The van der Waals surface area contributed by atoms with Gasteiger partial charge in [-0.25, -0.2) is 0 Å². The summed E-state index contributed by atoms with van der Waals surface area (Å²) in [5, 5.41) is 14.0. The van der Waals surface area contributed by atoms with Crippen LogP contribution in [0.3, 0.4) is 0 Å². The number of piperidine rings is 1. The molecular weight excluding hydrogens is 326 g/mol. The molecule has 5 heteroatoms. The van der Waals surface area contributed by atoms with Crippen LogP contribution in [0.5, 0.6) is 0 Å². The van der Waals surface area contributed by atoms with Gasteiger partial charge < -0.3 is 15.3 Å². The van der Waals surface area contributed by atoms with Crippen LogP contribution in [-0.4, -0.2) is 46.1 Å². The summed E-state index contributed by atoms with van der Waals surface area (Å²) in [6.07, 6.45) is 4.94. The second-order valence-electron chi connectivity index (χ2n) is 6.94. The molecular formula is C21H27N3O2. The van der Waals surface area contributed by atoms with Crippen LogP contribution < -0.4 is 5.32 Å². The van der Waals surface area contributed by atoms with E-state index in [2.05, 4.69) is 22.4 Å². The monoisotopic (exact) mass is 353 g/mol. The second kappa shape index (κ2) is 8.92. The van der Waals surface area contributed by atoms with E-state index in [1.165, 1.54) is 5.56 Å². The minimum atomic E-state index is -1.31. The van der Waals surface area contributed by atoms with Crippen molar-refractivity contribution in [2.45, 2.75) is 37.8 Å². The lowest BCUT2D eigenvalue weighted by Gasteiger charge is -2.38. The van der Waals surface area contributed by atoms with Crippen molar-refractivity contribution in [2.24, 2.45) is 0 Å². The SMILES string of the molecule is O=C1N(CCCc2ccccc2)CCCC1(O)CNCc1ccccn1. The zero-order chi connectivity index (χ0) is 18.2. The number of carbonyl (C=O) groups excluding carboxylic acids is 1. The average Bonchev–Trinajstić information content (AvgIpc) is 2.67. The summed E-state index contributed by atoms with van der Waals surface area (Å²) in [6, 6.07) is 16.0. The van der Waals surface area contributed by atoms with Crippen LogP contribution in [0.15, 0.2) is 54.7 Å². The van der Waals surface area contributed by atoms with E-state index in [0.717, 1.165) is 31.5 Å². The molecule has 1 saturated heterocycles. The van der Waals surface area contributed by atoms with Gasteiger partial charge in [-0.3, -0.25) is 9.78 Å². The highest BCUT2D eigenvalue weighted by Gasteiger charge is 2.41. The van der Waals surface area contributed by atoms with Crippen molar-refractivity contribution >= 4 is 5.91 Å². The molecule has 2 heterocycles. The Morgan fingerprint density at radius 2 is 1.96 bits per heavy atom. The molecule has 138 valence electrons. The first-order valence-corrected chi connectivity index (χ1v) is 9.34. The maximum Gasteiger partial charge on any atom is 0.255 e. The standard InChI is InChI=1S/C21H27N3O2/c25-20-21(26,17-22-16-19-11-4-5-13-23-19)12-7-15-24(20)14-6-10-18-8-2-1-3-9-18/h1-5,8-9,11,13,22,26H,6-7,10,12,14-17H2. The van der Waals surface area contributed by atoms with Crippen molar-refractivity contribution in [3.05, 3.63) is 66.0 Å². The normalized spacial score (nSPS) is 20.3. The molecule has 26 heavy (non-hydrogen) atoms. The molecule has 1 unspecified atom stereocenters. The fourth-order valence-corrected chi connectivity index (χ4v) is 3.46. The summed E-state index contributed by atoms with van der Waals surface area (Å²) >= 11 is 0. The molecule has 3 rings (SSSR count). The van der Waals surface area contributed by atoms with Crippen LogP contribution >= 0.6 is 0 Å². The lowest BCUT2D eigenvalue weighted by atomic mass is 9.91. The van der Waals surface area contributed by atoms with Gasteiger partial charge in [0.05, 0.1) is 5.69 Å². The van der Waals surface area contributed by atoms with Crippen molar-refractivity contribution in [2.75, 3.05) is 19.6 Å². The Balaban J connectivity index is 1.47. The highest BCUT2D eigenvalue weighted by molar-refractivity contribution is 5.86. The Hall–Kier alpha value is -2.24. The van der Waals surface area contributed by atoms with Crippen LogP contribution in [0.25, 0.3) is 0 Å². The van der Waals surface area contributed by atoms with Gasteiger partial charge >= 0.3 is 0 Å². The summed E-state index contributed by atoms with van der Waals surface area (Å²) in [7, 11) is 0. The van der Waals surface area contributed by atoms with Crippen molar-refractivity contribution in [1.29, 1.82) is 0 Å². The molecule has 5 nitrogen and oxygen atoms in total. The number of pyridine rings is 1. The summed E-state index contributed by atoms with van der Waals surface area (Å²) in [5.74, 6) is -0.148. The Kier molecular flexibility index (Phi) is 6.36. The molecule has 1 amide bonds. The smallest absolute Gasteiger partial charge is 0.255 e. The van der Waals surface area contributed by atoms with Crippen LogP contribution in [0.1, 0.15) is 30.5 Å². The first-order chi connectivity index (χ1) is 12.7. The molecule has 0 aliphatic carbocycles. The zero-order valence-electron chi connectivity index (χ0n) is 15.1. The van der Waals surface area contributed by atoms with Crippen LogP contribution in [0.2, 0.25) is 0 Å². The molecule has 1 aromatic carbocycles. The second-order valence-corrected chi connectivity index (χ2v) is 6.94. The minimum Gasteiger partial charge on any atom is -0.379 e. The number of aliphatic hydroxyl groups is 1. The Morgan fingerprint density at radius 3 is 2.73 bits per heavy atom. The number of amides is 1. The predicted octanol–water partition coefficient (Wildman–Crippen LogP) is 2.16. The molecule has 2 aromatic rings. The van der Waals surface area contributed by atoms with Gasteiger partial charge in [0.25, 0.3) is 5.91 Å². The van der Waals surface area contributed by atoms with Gasteiger partial charge in [0.2, 0.25) is 0 Å². The van der Waals surface area contributed by atoms with Gasteiger partial charge in [0.1, 0.15) is 0 Å². The van der Waals surface area contributed by atoms with E-state index in [1.54, 1.807) is 6.20 Å². The van der Waals surface area contributed by atoms with E-state index in [4.69, 9.17) is 0 Å². The fraction of sp³-hybridized carbons (Fsp3) is 0.429. The maximum absolute atomic E-state index is 12.8. The minimum absolute atomic E-state index is 0.148. The highest BCUT2D eigenvalue weighted by Crippen LogP contribution is 2.22. The third kappa shape index (κ3) is 4.90. The summed E-state index contributed by atoms with van der Waals surface area (Å²) < 4.78 is 0. The molecule has 0 spiro atoms. The Labute approximate surface area is 155 Å². The van der Waals surface area contributed by atoms with E-state index < -0.39 is 5.60 Å². The van der Waals surface area contributed by atoms with Crippen molar-refractivity contribution in [3.8, 4) is 0 Å². The molecule has 0 bridgehead atoms. The number of likely N-dealkylation sites (tertiary alicyclic amines) is 1. The van der Waals surface area contributed by atoms with E-state index in [9.17, 15) is 9.90 Å². The molecule has 1 aliphatic heterocycles. The number of benzene rings is 1. The number of rotatable bonds is 8. The lowest BCUT2D eigenvalue weighted by molar-refractivity contribution is -0.156. The quantitative estimate of drug-likeness (QED) is 0.763. The van der Waals surface area contributed by atoms with Gasteiger partial charge in [-0.1, -0.05) is 36.4 Å². The lowest BCUT2D eigenvalue weighted by Crippen LogP contribution is -2.58. The van der Waals surface area contributed by atoms with Crippen LogP contribution in [-0.2, 0) is 17.8 Å². The molecule has 0 saturated carbocycles. The number of hydrogen-bond acceptors (Lipinski definition) is 4. The fourth-order valence-electron chi connectivity index (χ4n) is 3.46. The number of nitrogens with zero attached hydrogens (tertiary/aromatic N) is 2. The largest absolute Gasteiger partial charge is 0.379 e. The Morgan fingerprint density at radius 1 is 1.15 bits per heavy atom. The highest BCUT2D eigenvalue weighted by atomic mass is 16.3. The van der Waals surface area contributed by atoms with Crippen molar-refractivity contribution < 1.29 is 9.90 Å². The number of aryl methyl sites for hydroxylation is 1. The number of carbonyl (C=O) groups is 1. The van der Waals surface area contributed by atoms with Gasteiger partial charge in [0.15, 0.2) is 5.60 Å².